The quantitative estimate of drug-likeness (QED) is 0.470. The minimum Gasteiger partial charge on any atom is -0.346 e. The Hall–Kier alpha value is -3.42. The number of nitrogens with one attached hydrogen (secondary N) is 2. The van der Waals surface area contributed by atoms with E-state index in [1.54, 1.807) is 24.5 Å². The molecule has 1 aliphatic rings. The number of hydrogen-bond donors (Lipinski definition) is 2. The van der Waals surface area contributed by atoms with Crippen LogP contribution in [0.1, 0.15) is 55.1 Å². The lowest BCUT2D eigenvalue weighted by Crippen LogP contribution is -2.27. The molecule has 0 saturated heterocycles. The molecule has 0 aromatic carbocycles. The molecule has 0 atom stereocenters. The second-order valence-electron chi connectivity index (χ2n) is 7.59. The molecule has 3 aromatic heterocycles. The molecule has 0 radical (unpaired) electrons. The molecule has 0 unspecified atom stereocenters. The van der Waals surface area contributed by atoms with Crippen LogP contribution in [0.4, 0.5) is 6.01 Å². The van der Waals surface area contributed by atoms with E-state index in [9.17, 15) is 4.79 Å². The fraction of sp³-hybridized carbons (Fsp3) is 0.364. The van der Waals surface area contributed by atoms with Crippen molar-refractivity contribution >= 4 is 18.0 Å². The minimum atomic E-state index is -0.305. The highest BCUT2D eigenvalue weighted by molar-refractivity contribution is 5.92. The van der Waals surface area contributed by atoms with Gasteiger partial charge in [-0.2, -0.15) is 4.98 Å². The number of carbonyl (C=O) groups excluding carboxylic acids is 1. The van der Waals surface area contributed by atoms with E-state index in [1.807, 2.05) is 6.08 Å². The van der Waals surface area contributed by atoms with Crippen LogP contribution in [0.2, 0.25) is 0 Å². The van der Waals surface area contributed by atoms with Gasteiger partial charge in [0.25, 0.3) is 5.91 Å². The van der Waals surface area contributed by atoms with E-state index >= 15 is 0 Å². The van der Waals surface area contributed by atoms with Crippen LogP contribution in [-0.2, 0) is 4.79 Å². The number of aryl methyl sites for hydroxylation is 1. The van der Waals surface area contributed by atoms with Crippen molar-refractivity contribution in [3.05, 3.63) is 53.6 Å². The van der Waals surface area contributed by atoms with Gasteiger partial charge in [-0.25, -0.2) is 5.43 Å². The Bertz CT molecular complexity index is 1030. The summed E-state index contributed by atoms with van der Waals surface area (Å²) < 4.78 is 7.53. The van der Waals surface area contributed by atoms with Gasteiger partial charge in [0.15, 0.2) is 0 Å². The van der Waals surface area contributed by atoms with E-state index in [1.165, 1.54) is 49.6 Å². The molecule has 1 aliphatic carbocycles. The molecule has 3 aromatic rings. The van der Waals surface area contributed by atoms with Crippen molar-refractivity contribution in [2.24, 2.45) is 0 Å². The number of nitrogens with zero attached hydrogens (tertiary/aromatic N) is 4. The van der Waals surface area contributed by atoms with Crippen molar-refractivity contribution in [1.82, 2.24) is 25.1 Å². The van der Waals surface area contributed by atoms with Crippen molar-refractivity contribution in [2.45, 2.75) is 52.0 Å². The van der Waals surface area contributed by atoms with Crippen molar-refractivity contribution < 1.29 is 9.32 Å². The van der Waals surface area contributed by atoms with E-state index in [2.05, 4.69) is 50.5 Å². The number of pyridine rings is 1. The first kappa shape index (κ1) is 19.9. The van der Waals surface area contributed by atoms with Gasteiger partial charge in [-0.3, -0.25) is 15.2 Å². The van der Waals surface area contributed by atoms with E-state index in [0.717, 1.165) is 11.1 Å². The molecule has 0 spiro atoms. The summed E-state index contributed by atoms with van der Waals surface area (Å²) in [5, 5.41) is 3.88. The average Bonchev–Trinajstić information content (AvgIpc) is 3.36. The molecule has 30 heavy (non-hydrogen) atoms. The summed E-state index contributed by atoms with van der Waals surface area (Å²) in [5.74, 6) is 0.112. The number of rotatable bonds is 6. The first-order chi connectivity index (χ1) is 14.6. The Kier molecular flexibility index (Phi) is 5.92. The molecule has 8 nitrogen and oxygen atoms in total. The Morgan fingerprint density at radius 1 is 1.20 bits per heavy atom. The molecule has 0 aliphatic heterocycles. The average molecular weight is 406 g/mol. The van der Waals surface area contributed by atoms with Gasteiger partial charge in [-0.05, 0) is 56.5 Å². The first-order valence-corrected chi connectivity index (χ1v) is 10.3. The Labute approximate surface area is 175 Å². The summed E-state index contributed by atoms with van der Waals surface area (Å²) in [4.78, 5) is 20.4. The van der Waals surface area contributed by atoms with E-state index in [-0.39, 0.29) is 11.9 Å². The maximum atomic E-state index is 12.2. The molecule has 2 N–H and O–H groups in total. The van der Waals surface area contributed by atoms with Crippen LogP contribution in [0.25, 0.3) is 17.5 Å². The second-order valence-corrected chi connectivity index (χ2v) is 7.59. The van der Waals surface area contributed by atoms with Crippen LogP contribution < -0.4 is 10.9 Å². The van der Waals surface area contributed by atoms with Crippen LogP contribution in [0.5, 0.6) is 0 Å². The highest BCUT2D eigenvalue weighted by Crippen LogP contribution is 2.32. The smallest absolute Gasteiger partial charge is 0.340 e. The molecular weight excluding hydrogens is 380 g/mol. The normalized spacial score (nSPS) is 14.9. The topological polar surface area (TPSA) is 97.9 Å². The molecule has 1 saturated carbocycles. The van der Waals surface area contributed by atoms with E-state index in [4.69, 9.17) is 4.52 Å². The van der Waals surface area contributed by atoms with Gasteiger partial charge in [0.2, 0.25) is 5.82 Å². The number of hydrogen-bond acceptors (Lipinski definition) is 6. The fourth-order valence-corrected chi connectivity index (χ4v) is 4.09. The van der Waals surface area contributed by atoms with Crippen molar-refractivity contribution in [3.8, 4) is 11.4 Å². The third kappa shape index (κ3) is 4.42. The SMILES string of the molecule is Cc1cc(/C=C/C(=O)NNc2nc(-c3ccncc3)no2)c(C)n1C1CCCCC1. The third-order valence-corrected chi connectivity index (χ3v) is 5.53. The Balaban J connectivity index is 1.36. The molecule has 156 valence electrons. The fourth-order valence-electron chi connectivity index (χ4n) is 4.09. The molecule has 1 fully saturated rings. The zero-order chi connectivity index (χ0) is 20.9. The second kappa shape index (κ2) is 8.94. The van der Waals surface area contributed by atoms with Crippen LogP contribution in [0.3, 0.4) is 0 Å². The van der Waals surface area contributed by atoms with E-state index in [0.29, 0.717) is 11.9 Å². The zero-order valence-corrected chi connectivity index (χ0v) is 17.3. The number of hydrazine groups is 1. The van der Waals surface area contributed by atoms with Crippen molar-refractivity contribution in [3.63, 3.8) is 0 Å². The largest absolute Gasteiger partial charge is 0.346 e. The van der Waals surface area contributed by atoms with Crippen molar-refractivity contribution in [1.29, 1.82) is 0 Å². The molecule has 3 heterocycles. The summed E-state index contributed by atoms with van der Waals surface area (Å²) in [6.07, 6.45) is 13.0. The van der Waals surface area contributed by atoms with Gasteiger partial charge in [-0.15, -0.1) is 0 Å². The number of carbonyl (C=O) groups is 1. The summed E-state index contributed by atoms with van der Waals surface area (Å²) in [7, 11) is 0. The van der Waals surface area contributed by atoms with Gasteiger partial charge >= 0.3 is 6.01 Å². The summed E-state index contributed by atoms with van der Waals surface area (Å²) in [6, 6.07) is 6.38. The van der Waals surface area contributed by atoms with Crippen LogP contribution in [-0.4, -0.2) is 25.6 Å². The van der Waals surface area contributed by atoms with E-state index < -0.39 is 0 Å². The van der Waals surface area contributed by atoms with Crippen molar-refractivity contribution in [2.75, 3.05) is 5.43 Å². The molecule has 0 bridgehead atoms. The number of amides is 1. The lowest BCUT2D eigenvalue weighted by molar-refractivity contribution is -0.116. The molecule has 8 heteroatoms. The third-order valence-electron chi connectivity index (χ3n) is 5.53. The number of aromatic nitrogens is 4. The van der Waals surface area contributed by atoms with Crippen LogP contribution in [0.15, 0.2) is 41.2 Å². The predicted molar refractivity (Wildman–Crippen MR) is 114 cm³/mol. The maximum Gasteiger partial charge on any atom is 0.340 e. The maximum absolute atomic E-state index is 12.2. The summed E-state index contributed by atoms with van der Waals surface area (Å²) in [5.41, 5.74) is 9.48. The van der Waals surface area contributed by atoms with Gasteiger partial charge in [0.1, 0.15) is 0 Å². The molecular formula is C22H26N6O2. The molecule has 4 rings (SSSR count). The van der Waals surface area contributed by atoms with Crippen LogP contribution >= 0.6 is 0 Å². The Morgan fingerprint density at radius 2 is 1.97 bits per heavy atom. The van der Waals surface area contributed by atoms with Crippen LogP contribution in [0, 0.1) is 13.8 Å². The number of anilines is 1. The first-order valence-electron chi connectivity index (χ1n) is 10.3. The molecule has 1 amide bonds. The predicted octanol–water partition coefficient (Wildman–Crippen LogP) is 4.21. The van der Waals surface area contributed by atoms with Gasteiger partial charge in [-0.1, -0.05) is 24.4 Å². The summed E-state index contributed by atoms with van der Waals surface area (Å²) in [6.45, 7) is 4.26. The Morgan fingerprint density at radius 3 is 2.73 bits per heavy atom. The highest BCUT2D eigenvalue weighted by atomic mass is 16.5. The zero-order valence-electron chi connectivity index (χ0n) is 17.3. The lowest BCUT2D eigenvalue weighted by Gasteiger charge is -2.26. The minimum absolute atomic E-state index is 0.110. The standard InChI is InChI=1S/C22H26N6O2/c1-15-14-18(16(2)28(15)19-6-4-3-5-7-19)8-9-20(29)25-26-22-24-21(27-30-22)17-10-12-23-13-11-17/h8-14,19H,3-7H2,1-2H3,(H,25,29)(H,24,26,27)/b9-8+. The summed E-state index contributed by atoms with van der Waals surface area (Å²) >= 11 is 0. The monoisotopic (exact) mass is 406 g/mol. The highest BCUT2D eigenvalue weighted by Gasteiger charge is 2.19. The van der Waals surface area contributed by atoms with Gasteiger partial charge in [0, 0.05) is 41.5 Å². The van der Waals surface area contributed by atoms with Gasteiger partial charge in [0.05, 0.1) is 0 Å². The lowest BCUT2D eigenvalue weighted by atomic mass is 9.95. The van der Waals surface area contributed by atoms with Gasteiger partial charge < -0.3 is 9.09 Å².